The fraction of sp³-hybridized carbons (Fsp3) is 0.250. The van der Waals surface area contributed by atoms with Crippen LogP contribution in [0.4, 0.5) is 0 Å². The van der Waals surface area contributed by atoms with Gasteiger partial charge < -0.3 is 15.8 Å². The maximum atomic E-state index is 12.2. The second kappa shape index (κ2) is 7.35. The summed E-state index contributed by atoms with van der Waals surface area (Å²) in [5.41, 5.74) is 6.34. The first-order valence-electron chi connectivity index (χ1n) is 7.03. The smallest absolute Gasteiger partial charge is 0.305 e. The van der Waals surface area contributed by atoms with E-state index in [1.165, 1.54) is 13.3 Å². The van der Waals surface area contributed by atoms with Gasteiger partial charge in [-0.25, -0.2) is 0 Å². The Morgan fingerprint density at radius 1 is 1.30 bits per heavy atom. The van der Waals surface area contributed by atoms with Crippen LogP contribution in [-0.4, -0.2) is 35.9 Å². The summed E-state index contributed by atoms with van der Waals surface area (Å²) in [7, 11) is 1.25. The van der Waals surface area contributed by atoms with E-state index in [-0.39, 0.29) is 12.8 Å². The van der Waals surface area contributed by atoms with E-state index in [2.05, 4.69) is 15.0 Å². The summed E-state index contributed by atoms with van der Waals surface area (Å²) >= 11 is 0. The molecule has 120 valence electrons. The third-order valence-electron chi connectivity index (χ3n) is 3.37. The number of carbonyl (C=O) groups excluding carboxylic acids is 3. The minimum Gasteiger partial charge on any atom is -0.469 e. The molecule has 0 unspecified atom stereocenters. The van der Waals surface area contributed by atoms with Gasteiger partial charge in [-0.3, -0.25) is 19.4 Å². The molecule has 0 aliphatic rings. The van der Waals surface area contributed by atoms with Gasteiger partial charge in [0.1, 0.15) is 6.04 Å². The van der Waals surface area contributed by atoms with Crippen LogP contribution < -0.4 is 11.1 Å². The fourth-order valence-corrected chi connectivity index (χ4v) is 2.09. The molecule has 0 saturated heterocycles. The monoisotopic (exact) mass is 315 g/mol. The van der Waals surface area contributed by atoms with E-state index >= 15 is 0 Å². The van der Waals surface area contributed by atoms with Gasteiger partial charge >= 0.3 is 5.97 Å². The van der Waals surface area contributed by atoms with Crippen LogP contribution in [0.5, 0.6) is 0 Å². The molecule has 0 bridgehead atoms. The standard InChI is InChI=1S/C16H17N3O4/c1-23-14(20)7-6-13(15(17)21)19-16(22)11-8-10-4-2-3-5-12(10)18-9-11/h2-5,8-9,13H,6-7H2,1H3,(H2,17,21)(H,19,22)/t13-/m1/s1. The van der Waals surface area contributed by atoms with Gasteiger partial charge in [0.2, 0.25) is 5.91 Å². The number of rotatable bonds is 6. The van der Waals surface area contributed by atoms with Gasteiger partial charge in [0, 0.05) is 18.0 Å². The first-order chi connectivity index (χ1) is 11.0. The molecule has 0 aliphatic carbocycles. The number of pyridine rings is 1. The van der Waals surface area contributed by atoms with E-state index in [1.54, 1.807) is 6.07 Å². The molecule has 1 atom stereocenters. The highest BCUT2D eigenvalue weighted by Gasteiger charge is 2.20. The SMILES string of the molecule is COC(=O)CC[C@@H](NC(=O)c1cnc2ccccc2c1)C(N)=O. The number of carbonyl (C=O) groups is 3. The second-order valence-electron chi connectivity index (χ2n) is 4.96. The number of fused-ring (bicyclic) bond motifs is 1. The number of ether oxygens (including phenoxy) is 1. The summed E-state index contributed by atoms with van der Waals surface area (Å²) in [5, 5.41) is 3.33. The van der Waals surface area contributed by atoms with Crippen molar-refractivity contribution in [2.75, 3.05) is 7.11 Å². The number of aromatic nitrogens is 1. The van der Waals surface area contributed by atoms with Crippen molar-refractivity contribution in [3.05, 3.63) is 42.1 Å². The molecule has 7 heteroatoms. The lowest BCUT2D eigenvalue weighted by Crippen LogP contribution is -2.44. The Morgan fingerprint density at radius 2 is 2.04 bits per heavy atom. The number of para-hydroxylation sites is 1. The number of hydrogen-bond acceptors (Lipinski definition) is 5. The molecule has 7 nitrogen and oxygen atoms in total. The van der Waals surface area contributed by atoms with Crippen LogP contribution in [0.3, 0.4) is 0 Å². The van der Waals surface area contributed by atoms with Crippen LogP contribution in [0.15, 0.2) is 36.5 Å². The molecule has 0 aliphatic heterocycles. The number of nitrogens with one attached hydrogen (secondary N) is 1. The summed E-state index contributed by atoms with van der Waals surface area (Å²) in [6.07, 6.45) is 1.49. The predicted molar refractivity (Wildman–Crippen MR) is 83.4 cm³/mol. The number of esters is 1. The summed E-state index contributed by atoms with van der Waals surface area (Å²) in [5.74, 6) is -1.66. The summed E-state index contributed by atoms with van der Waals surface area (Å²) < 4.78 is 4.50. The molecular formula is C16H17N3O4. The van der Waals surface area contributed by atoms with E-state index in [9.17, 15) is 14.4 Å². The lowest BCUT2D eigenvalue weighted by atomic mass is 10.1. The minimum atomic E-state index is -0.951. The Balaban J connectivity index is 2.10. The number of benzene rings is 1. The van der Waals surface area contributed by atoms with Crippen molar-refractivity contribution >= 4 is 28.7 Å². The van der Waals surface area contributed by atoms with E-state index < -0.39 is 23.8 Å². The minimum absolute atomic E-state index is 0.0135. The maximum absolute atomic E-state index is 12.2. The highest BCUT2D eigenvalue weighted by Crippen LogP contribution is 2.13. The van der Waals surface area contributed by atoms with Gasteiger partial charge in [-0.1, -0.05) is 18.2 Å². The lowest BCUT2D eigenvalue weighted by molar-refractivity contribution is -0.140. The number of nitrogens with two attached hydrogens (primary N) is 1. The van der Waals surface area contributed by atoms with Gasteiger partial charge in [-0.05, 0) is 18.6 Å². The Kier molecular flexibility index (Phi) is 5.24. The zero-order valence-electron chi connectivity index (χ0n) is 12.6. The van der Waals surface area contributed by atoms with Crippen LogP contribution in [0.25, 0.3) is 10.9 Å². The van der Waals surface area contributed by atoms with Crippen molar-refractivity contribution in [3.8, 4) is 0 Å². The molecule has 2 aromatic rings. The van der Waals surface area contributed by atoms with Crippen molar-refractivity contribution in [1.29, 1.82) is 0 Å². The summed E-state index contributed by atoms with van der Waals surface area (Å²) in [4.78, 5) is 39.0. The molecule has 1 heterocycles. The van der Waals surface area contributed by atoms with Crippen molar-refractivity contribution in [3.63, 3.8) is 0 Å². The van der Waals surface area contributed by atoms with Crippen LogP contribution in [0, 0.1) is 0 Å². The number of hydrogen-bond donors (Lipinski definition) is 2. The first-order valence-corrected chi connectivity index (χ1v) is 7.03. The van der Waals surface area contributed by atoms with Gasteiger partial charge in [0.05, 0.1) is 18.2 Å². The van der Waals surface area contributed by atoms with Crippen LogP contribution >= 0.6 is 0 Å². The van der Waals surface area contributed by atoms with Gasteiger partial charge in [-0.15, -0.1) is 0 Å². The van der Waals surface area contributed by atoms with Crippen molar-refractivity contribution in [2.24, 2.45) is 5.73 Å². The van der Waals surface area contributed by atoms with Gasteiger partial charge in [-0.2, -0.15) is 0 Å². The molecule has 0 fully saturated rings. The fourth-order valence-electron chi connectivity index (χ4n) is 2.09. The molecule has 23 heavy (non-hydrogen) atoms. The van der Waals surface area contributed by atoms with Crippen molar-refractivity contribution in [1.82, 2.24) is 10.3 Å². The first kappa shape index (κ1) is 16.4. The van der Waals surface area contributed by atoms with Crippen molar-refractivity contribution in [2.45, 2.75) is 18.9 Å². The maximum Gasteiger partial charge on any atom is 0.305 e. The summed E-state index contributed by atoms with van der Waals surface area (Å²) in [6, 6.07) is 8.09. The number of amides is 2. The molecule has 3 N–H and O–H groups in total. The van der Waals surface area contributed by atoms with Gasteiger partial charge in [0.15, 0.2) is 0 Å². The topological polar surface area (TPSA) is 111 Å². The molecule has 1 aromatic carbocycles. The normalized spacial score (nSPS) is 11.7. The third-order valence-corrected chi connectivity index (χ3v) is 3.37. The molecule has 1 aromatic heterocycles. The van der Waals surface area contributed by atoms with Crippen LogP contribution in [0.2, 0.25) is 0 Å². The average Bonchev–Trinajstić information content (AvgIpc) is 2.57. The highest BCUT2D eigenvalue weighted by molar-refractivity contribution is 5.99. The predicted octanol–water partition coefficient (Wildman–Crippen LogP) is 0.772. The summed E-state index contributed by atoms with van der Waals surface area (Å²) in [6.45, 7) is 0. The second-order valence-corrected chi connectivity index (χ2v) is 4.96. The number of primary amides is 1. The lowest BCUT2D eigenvalue weighted by Gasteiger charge is -2.15. The zero-order valence-corrected chi connectivity index (χ0v) is 12.6. The largest absolute Gasteiger partial charge is 0.469 e. The molecule has 2 amide bonds. The van der Waals surface area contributed by atoms with E-state index in [1.807, 2.05) is 24.3 Å². The zero-order chi connectivity index (χ0) is 16.8. The molecule has 0 spiro atoms. The van der Waals surface area contributed by atoms with Crippen LogP contribution in [0.1, 0.15) is 23.2 Å². The van der Waals surface area contributed by atoms with E-state index in [0.717, 1.165) is 10.9 Å². The Hall–Kier alpha value is -2.96. The molecular weight excluding hydrogens is 298 g/mol. The highest BCUT2D eigenvalue weighted by atomic mass is 16.5. The quantitative estimate of drug-likeness (QED) is 0.765. The average molecular weight is 315 g/mol. The van der Waals surface area contributed by atoms with E-state index in [0.29, 0.717) is 5.56 Å². The van der Waals surface area contributed by atoms with E-state index in [4.69, 9.17) is 5.73 Å². The van der Waals surface area contributed by atoms with Gasteiger partial charge in [0.25, 0.3) is 5.91 Å². The molecule has 0 saturated carbocycles. The number of methoxy groups -OCH3 is 1. The Labute approximate surface area is 132 Å². The third kappa shape index (κ3) is 4.26. The van der Waals surface area contributed by atoms with Crippen molar-refractivity contribution < 1.29 is 19.1 Å². The Bertz CT molecular complexity index is 745. The molecule has 2 rings (SSSR count). The number of nitrogens with zero attached hydrogens (tertiary/aromatic N) is 1. The molecule has 0 radical (unpaired) electrons. The van der Waals surface area contributed by atoms with Crippen LogP contribution in [-0.2, 0) is 14.3 Å². The Morgan fingerprint density at radius 3 is 2.74 bits per heavy atom.